The first-order valence-electron chi connectivity index (χ1n) is 11.2. The number of phenolic OH excluding ortho intramolecular Hbond substituents is 1. The van der Waals surface area contributed by atoms with Crippen LogP contribution in [-0.2, 0) is 9.59 Å². The predicted molar refractivity (Wildman–Crippen MR) is 130 cm³/mol. The average molecular weight is 478 g/mol. The van der Waals surface area contributed by atoms with Crippen LogP contribution in [0.15, 0.2) is 65.0 Å². The number of nitro groups is 1. The maximum Gasteiger partial charge on any atom is 0.314 e. The number of methoxy groups -OCH3 is 1. The molecule has 1 amide bonds. The summed E-state index contributed by atoms with van der Waals surface area (Å²) in [6, 6.07) is 11.5. The number of anilines is 1. The molecule has 2 aromatic carbocycles. The molecule has 0 aromatic heterocycles. The SMILES string of the molecule is COc1cc([C@@H]2C(C(=O)Nc3ccccc3)=C(C)NC3=C2C(=O)CC(C)(C)C3)cc([N+](=O)[O-])c1O. The number of nitrogens with one attached hydrogen (secondary N) is 2. The lowest BCUT2D eigenvalue weighted by Gasteiger charge is -2.39. The highest BCUT2D eigenvalue weighted by molar-refractivity contribution is 6.10. The van der Waals surface area contributed by atoms with Crippen molar-refractivity contribution < 1.29 is 24.4 Å². The number of allylic oxidation sites excluding steroid dienone is 3. The second kappa shape index (κ2) is 8.90. The molecule has 0 radical (unpaired) electrons. The van der Waals surface area contributed by atoms with Gasteiger partial charge in [0.2, 0.25) is 5.75 Å². The number of benzene rings is 2. The number of hydrogen-bond acceptors (Lipinski definition) is 7. The number of dihydropyridines is 1. The summed E-state index contributed by atoms with van der Waals surface area (Å²) >= 11 is 0. The highest BCUT2D eigenvalue weighted by atomic mass is 16.6. The molecule has 4 rings (SSSR count). The number of nitro benzene ring substituents is 1. The molecule has 0 fully saturated rings. The van der Waals surface area contributed by atoms with Crippen LogP contribution in [0.5, 0.6) is 11.5 Å². The molecule has 35 heavy (non-hydrogen) atoms. The Kier molecular flexibility index (Phi) is 6.10. The number of phenols is 1. The van der Waals surface area contributed by atoms with E-state index in [1.54, 1.807) is 31.2 Å². The van der Waals surface area contributed by atoms with Crippen LogP contribution in [0.4, 0.5) is 11.4 Å². The third kappa shape index (κ3) is 4.49. The van der Waals surface area contributed by atoms with Gasteiger partial charge < -0.3 is 20.5 Å². The molecule has 0 saturated carbocycles. The number of rotatable bonds is 5. The summed E-state index contributed by atoms with van der Waals surface area (Å²) in [7, 11) is 1.29. The summed E-state index contributed by atoms with van der Waals surface area (Å²) in [5, 5.41) is 28.1. The Morgan fingerprint density at radius 2 is 1.91 bits per heavy atom. The van der Waals surface area contributed by atoms with Crippen molar-refractivity contribution in [3.05, 3.63) is 80.7 Å². The lowest BCUT2D eigenvalue weighted by molar-refractivity contribution is -0.386. The van der Waals surface area contributed by atoms with Gasteiger partial charge in [-0.2, -0.15) is 0 Å². The van der Waals surface area contributed by atoms with Gasteiger partial charge in [0.1, 0.15) is 0 Å². The van der Waals surface area contributed by atoms with Gasteiger partial charge in [-0.15, -0.1) is 0 Å². The van der Waals surface area contributed by atoms with E-state index in [1.807, 2.05) is 19.9 Å². The number of Topliss-reactive ketones (excluding diaryl/α,β-unsaturated/α-hetero) is 1. The van der Waals surface area contributed by atoms with Crippen molar-refractivity contribution in [3.63, 3.8) is 0 Å². The Bertz CT molecular complexity index is 1290. The highest BCUT2D eigenvalue weighted by Gasteiger charge is 2.43. The van der Waals surface area contributed by atoms with Crippen LogP contribution in [0.3, 0.4) is 0 Å². The molecular weight excluding hydrogens is 450 g/mol. The van der Waals surface area contributed by atoms with Crippen LogP contribution in [-0.4, -0.2) is 28.8 Å². The molecule has 3 N–H and O–H groups in total. The zero-order chi connectivity index (χ0) is 25.5. The first kappa shape index (κ1) is 24.0. The number of carbonyl (C=O) groups is 2. The number of nitrogens with zero attached hydrogens (tertiary/aromatic N) is 1. The quantitative estimate of drug-likeness (QED) is 0.425. The molecule has 182 valence electrons. The van der Waals surface area contributed by atoms with E-state index in [0.717, 1.165) is 0 Å². The molecule has 2 aliphatic rings. The van der Waals surface area contributed by atoms with Crippen molar-refractivity contribution in [1.82, 2.24) is 5.32 Å². The fourth-order valence-electron chi connectivity index (χ4n) is 4.87. The second-order valence-corrected chi connectivity index (χ2v) is 9.60. The summed E-state index contributed by atoms with van der Waals surface area (Å²) in [5.74, 6) is -2.19. The van der Waals surface area contributed by atoms with E-state index in [2.05, 4.69) is 10.6 Å². The number of ether oxygens (including phenoxy) is 1. The summed E-state index contributed by atoms with van der Waals surface area (Å²) in [5.41, 5.74) is 1.94. The monoisotopic (exact) mass is 477 g/mol. The van der Waals surface area contributed by atoms with Crippen molar-refractivity contribution in [2.75, 3.05) is 12.4 Å². The minimum absolute atomic E-state index is 0.112. The molecule has 1 heterocycles. The van der Waals surface area contributed by atoms with Crippen LogP contribution >= 0.6 is 0 Å². The number of amides is 1. The molecule has 0 spiro atoms. The summed E-state index contributed by atoms with van der Waals surface area (Å²) in [6.45, 7) is 5.74. The lowest BCUT2D eigenvalue weighted by atomic mass is 9.68. The number of aromatic hydroxyl groups is 1. The third-order valence-corrected chi connectivity index (χ3v) is 6.34. The third-order valence-electron chi connectivity index (χ3n) is 6.34. The molecule has 9 nitrogen and oxygen atoms in total. The Hall–Kier alpha value is -4.14. The van der Waals surface area contributed by atoms with Gasteiger partial charge in [0.25, 0.3) is 5.91 Å². The van der Waals surface area contributed by atoms with Gasteiger partial charge in [0, 0.05) is 46.6 Å². The molecule has 0 saturated heterocycles. The number of hydrogen-bond donors (Lipinski definition) is 3. The molecule has 0 bridgehead atoms. The normalized spacial score (nSPS) is 19.1. The first-order chi connectivity index (χ1) is 16.5. The molecule has 1 aliphatic carbocycles. The van der Waals surface area contributed by atoms with Crippen molar-refractivity contribution in [1.29, 1.82) is 0 Å². The summed E-state index contributed by atoms with van der Waals surface area (Å²) < 4.78 is 5.19. The van der Waals surface area contributed by atoms with E-state index < -0.39 is 28.2 Å². The van der Waals surface area contributed by atoms with E-state index in [-0.39, 0.29) is 28.9 Å². The molecule has 9 heteroatoms. The van der Waals surface area contributed by atoms with Gasteiger partial charge in [-0.3, -0.25) is 19.7 Å². The smallest absolute Gasteiger partial charge is 0.314 e. The van der Waals surface area contributed by atoms with Gasteiger partial charge in [-0.25, -0.2) is 0 Å². The van der Waals surface area contributed by atoms with E-state index in [4.69, 9.17) is 4.74 Å². The van der Waals surface area contributed by atoms with Crippen molar-refractivity contribution in [2.24, 2.45) is 5.41 Å². The van der Waals surface area contributed by atoms with E-state index in [9.17, 15) is 24.8 Å². The van der Waals surface area contributed by atoms with Crippen molar-refractivity contribution in [3.8, 4) is 11.5 Å². The van der Waals surface area contributed by atoms with Gasteiger partial charge in [-0.1, -0.05) is 32.0 Å². The first-order valence-corrected chi connectivity index (χ1v) is 11.2. The van der Waals surface area contributed by atoms with Gasteiger partial charge in [0.15, 0.2) is 11.5 Å². The standard InChI is InChI=1S/C26H27N3O6/c1-14-21(25(32)28-16-8-6-5-7-9-16)22(23-17(27-14)12-26(2,3)13-19(23)30)15-10-18(29(33)34)24(31)20(11-15)35-4/h5-11,22,27,31H,12-13H2,1-4H3,(H,28,32)/t22-/m1/s1. The minimum atomic E-state index is -0.883. The van der Waals surface area contributed by atoms with E-state index in [1.165, 1.54) is 19.2 Å². The van der Waals surface area contributed by atoms with E-state index >= 15 is 0 Å². The lowest BCUT2D eigenvalue weighted by Crippen LogP contribution is -2.39. The zero-order valence-corrected chi connectivity index (χ0v) is 20.0. The number of carbonyl (C=O) groups excluding carboxylic acids is 2. The average Bonchev–Trinajstić information content (AvgIpc) is 2.77. The topological polar surface area (TPSA) is 131 Å². The zero-order valence-electron chi connectivity index (χ0n) is 20.0. The molecular formula is C26H27N3O6. The molecule has 2 aromatic rings. The molecule has 1 aliphatic heterocycles. The Labute approximate surface area is 202 Å². The fourth-order valence-corrected chi connectivity index (χ4v) is 4.87. The largest absolute Gasteiger partial charge is 0.500 e. The number of para-hydroxylation sites is 1. The van der Waals surface area contributed by atoms with E-state index in [0.29, 0.717) is 34.6 Å². The molecule has 1 atom stereocenters. The summed E-state index contributed by atoms with van der Waals surface area (Å²) in [6.07, 6.45) is 0.848. The second-order valence-electron chi connectivity index (χ2n) is 9.60. The Morgan fingerprint density at radius 1 is 1.23 bits per heavy atom. The number of ketones is 1. The van der Waals surface area contributed by atoms with Gasteiger partial charge >= 0.3 is 5.69 Å². The fraction of sp³-hybridized carbons (Fsp3) is 0.308. The van der Waals surface area contributed by atoms with Gasteiger partial charge in [0.05, 0.1) is 12.0 Å². The van der Waals surface area contributed by atoms with Crippen molar-refractivity contribution >= 4 is 23.1 Å². The van der Waals surface area contributed by atoms with Crippen LogP contribution in [0, 0.1) is 15.5 Å². The highest BCUT2D eigenvalue weighted by Crippen LogP contribution is 2.49. The minimum Gasteiger partial charge on any atom is -0.500 e. The van der Waals surface area contributed by atoms with Crippen LogP contribution in [0.2, 0.25) is 0 Å². The van der Waals surface area contributed by atoms with Crippen molar-refractivity contribution in [2.45, 2.75) is 39.5 Å². The summed E-state index contributed by atoms with van der Waals surface area (Å²) in [4.78, 5) is 38.0. The van der Waals surface area contributed by atoms with Crippen LogP contribution < -0.4 is 15.4 Å². The maximum atomic E-state index is 13.6. The Morgan fingerprint density at radius 3 is 2.54 bits per heavy atom. The van der Waals surface area contributed by atoms with Crippen LogP contribution in [0.25, 0.3) is 0 Å². The Balaban J connectivity index is 1.92. The maximum absolute atomic E-state index is 13.6. The predicted octanol–water partition coefficient (Wildman–Crippen LogP) is 4.55. The van der Waals surface area contributed by atoms with Crippen LogP contribution in [0.1, 0.15) is 45.1 Å². The van der Waals surface area contributed by atoms with Gasteiger partial charge in [-0.05, 0) is 42.5 Å². The molecule has 0 unspecified atom stereocenters.